The molecule has 2 heterocycles. The summed E-state index contributed by atoms with van der Waals surface area (Å²) in [6, 6.07) is 16.2. The summed E-state index contributed by atoms with van der Waals surface area (Å²) in [5.41, 5.74) is 3.37. The Kier molecular flexibility index (Phi) is 12.2. The molecule has 2 aliphatic heterocycles. The van der Waals surface area contributed by atoms with Crippen LogP contribution < -0.4 is 19.5 Å². The average Bonchev–Trinajstić information content (AvgIpc) is 4.00. The van der Waals surface area contributed by atoms with E-state index in [0.717, 1.165) is 35.6 Å². The average molecular weight is 736 g/mol. The standard InChI is InChI=1S/C40H44F3N3O7/c1-51-29-13-15-30(16-14-29)52-21-19-46(28-11-12-28)40(50)37-31(22-27-23-45(24-34(37)44-27)35(47)5-2-6-36(48)49)26-9-7-25(8-10-26)4-3-20-53-39-33(42)18-17-32(41)38(39)43/h7-10,13-18,27-28,34,44H,2-6,11-12,19-24H2,1H3,(H,48,49)/t27-,34-/m1/s1. The zero-order valence-electron chi connectivity index (χ0n) is 29.6. The summed E-state index contributed by atoms with van der Waals surface area (Å²) in [5, 5.41) is 12.6. The molecule has 282 valence electrons. The van der Waals surface area contributed by atoms with Crippen molar-refractivity contribution in [2.45, 2.75) is 69.5 Å². The monoisotopic (exact) mass is 735 g/mol. The highest BCUT2D eigenvalue weighted by molar-refractivity contribution is 6.03. The highest BCUT2D eigenvalue weighted by atomic mass is 19.2. The van der Waals surface area contributed by atoms with Gasteiger partial charge in [0.1, 0.15) is 18.1 Å². The minimum absolute atomic E-state index is 0.0113. The summed E-state index contributed by atoms with van der Waals surface area (Å²) in [7, 11) is 1.60. The largest absolute Gasteiger partial charge is 0.497 e. The predicted octanol–water partition coefficient (Wildman–Crippen LogP) is 5.78. The third kappa shape index (κ3) is 9.50. The molecule has 2 N–H and O–H groups in total. The van der Waals surface area contributed by atoms with Gasteiger partial charge in [-0.3, -0.25) is 14.4 Å². The maximum atomic E-state index is 14.6. The summed E-state index contributed by atoms with van der Waals surface area (Å²) >= 11 is 0. The molecule has 3 aliphatic rings. The second-order valence-electron chi connectivity index (χ2n) is 13.6. The number of ether oxygens (including phenoxy) is 3. The van der Waals surface area contributed by atoms with Crippen molar-refractivity contribution in [1.29, 1.82) is 0 Å². The van der Waals surface area contributed by atoms with E-state index in [1.54, 1.807) is 12.0 Å². The van der Waals surface area contributed by atoms with E-state index in [9.17, 15) is 27.6 Å². The van der Waals surface area contributed by atoms with Crippen LogP contribution in [0.25, 0.3) is 5.57 Å². The number of carboxylic acids is 1. The molecule has 6 rings (SSSR count). The van der Waals surface area contributed by atoms with Crippen molar-refractivity contribution in [3.8, 4) is 17.2 Å². The molecule has 0 aromatic heterocycles. The molecule has 3 aromatic carbocycles. The van der Waals surface area contributed by atoms with E-state index in [1.165, 1.54) is 0 Å². The van der Waals surface area contributed by atoms with Crippen LogP contribution in [0.3, 0.4) is 0 Å². The zero-order valence-corrected chi connectivity index (χ0v) is 29.6. The van der Waals surface area contributed by atoms with Gasteiger partial charge >= 0.3 is 5.97 Å². The summed E-state index contributed by atoms with van der Waals surface area (Å²) in [5.74, 6) is -4.01. The van der Waals surface area contributed by atoms with Crippen molar-refractivity contribution in [3.05, 3.63) is 94.8 Å². The van der Waals surface area contributed by atoms with Crippen molar-refractivity contribution in [1.82, 2.24) is 15.1 Å². The summed E-state index contributed by atoms with van der Waals surface area (Å²) in [6.07, 6.45) is 3.56. The first-order valence-electron chi connectivity index (χ1n) is 18.0. The second-order valence-corrected chi connectivity index (χ2v) is 13.6. The summed E-state index contributed by atoms with van der Waals surface area (Å²) < 4.78 is 57.9. The van der Waals surface area contributed by atoms with Crippen LogP contribution >= 0.6 is 0 Å². The Morgan fingerprint density at radius 2 is 1.58 bits per heavy atom. The van der Waals surface area contributed by atoms with Crippen molar-refractivity contribution in [3.63, 3.8) is 0 Å². The molecule has 1 aliphatic carbocycles. The predicted molar refractivity (Wildman–Crippen MR) is 190 cm³/mol. The number of carbonyl (C=O) groups excluding carboxylic acids is 2. The van der Waals surface area contributed by atoms with E-state index in [1.807, 2.05) is 53.4 Å². The van der Waals surface area contributed by atoms with Gasteiger partial charge in [-0.2, -0.15) is 4.39 Å². The molecule has 2 amide bonds. The number of nitrogens with one attached hydrogen (secondary N) is 1. The first-order valence-corrected chi connectivity index (χ1v) is 18.0. The van der Waals surface area contributed by atoms with E-state index in [-0.39, 0.29) is 49.8 Å². The fraction of sp³-hybridized carbons (Fsp3) is 0.425. The number of aryl methyl sites for hydroxylation is 1. The number of rotatable bonds is 17. The van der Waals surface area contributed by atoms with Gasteiger partial charge in [-0.15, -0.1) is 0 Å². The van der Waals surface area contributed by atoms with Crippen LogP contribution in [0.4, 0.5) is 13.2 Å². The van der Waals surface area contributed by atoms with Crippen molar-refractivity contribution in [2.24, 2.45) is 0 Å². The van der Waals surface area contributed by atoms with Gasteiger partial charge in [-0.25, -0.2) is 8.78 Å². The fourth-order valence-corrected chi connectivity index (χ4v) is 7.01. The van der Waals surface area contributed by atoms with Crippen molar-refractivity contribution < 1.29 is 46.9 Å². The maximum Gasteiger partial charge on any atom is 0.303 e. The summed E-state index contributed by atoms with van der Waals surface area (Å²) in [4.78, 5) is 42.5. The third-order valence-corrected chi connectivity index (χ3v) is 9.84. The fourth-order valence-electron chi connectivity index (χ4n) is 7.01. The van der Waals surface area contributed by atoms with Crippen LogP contribution in [0.2, 0.25) is 0 Å². The van der Waals surface area contributed by atoms with Gasteiger partial charge in [0.05, 0.1) is 26.3 Å². The van der Waals surface area contributed by atoms with Crippen molar-refractivity contribution >= 4 is 23.4 Å². The number of nitrogens with zero attached hydrogens (tertiary/aromatic N) is 2. The van der Waals surface area contributed by atoms with Crippen LogP contribution in [-0.2, 0) is 20.8 Å². The van der Waals surface area contributed by atoms with E-state index in [4.69, 9.17) is 19.3 Å². The van der Waals surface area contributed by atoms with Gasteiger partial charge in [0.2, 0.25) is 11.7 Å². The number of fused-ring (bicyclic) bond motifs is 2. The van der Waals surface area contributed by atoms with Crippen LogP contribution in [0.5, 0.6) is 17.2 Å². The quantitative estimate of drug-likeness (QED) is 0.133. The Morgan fingerprint density at radius 3 is 2.28 bits per heavy atom. The number of amides is 2. The number of carboxylic acid groups (broad SMARTS) is 1. The number of methoxy groups -OCH3 is 1. The number of carbonyl (C=O) groups is 3. The molecule has 0 spiro atoms. The van der Waals surface area contributed by atoms with Gasteiger partial charge in [-0.05, 0) is 91.6 Å². The molecule has 2 atom stereocenters. The first kappa shape index (κ1) is 37.7. The molecule has 53 heavy (non-hydrogen) atoms. The normalized spacial score (nSPS) is 18.1. The first-order chi connectivity index (χ1) is 25.6. The van der Waals surface area contributed by atoms with E-state index in [0.29, 0.717) is 68.6 Å². The minimum Gasteiger partial charge on any atom is -0.497 e. The molecular weight excluding hydrogens is 691 g/mol. The lowest BCUT2D eigenvalue weighted by Gasteiger charge is -2.45. The van der Waals surface area contributed by atoms with Crippen LogP contribution in [-0.4, -0.2) is 90.8 Å². The lowest BCUT2D eigenvalue weighted by atomic mass is 9.82. The minimum atomic E-state index is -1.35. The van der Waals surface area contributed by atoms with Gasteiger partial charge in [0.25, 0.3) is 5.91 Å². The number of piperazine rings is 1. The molecular formula is C40H44F3N3O7. The Bertz CT molecular complexity index is 1820. The van der Waals surface area contributed by atoms with Gasteiger partial charge in [0, 0.05) is 43.6 Å². The molecule has 0 unspecified atom stereocenters. The molecule has 2 bridgehead atoms. The van der Waals surface area contributed by atoms with Crippen molar-refractivity contribution in [2.75, 3.05) is 40.0 Å². The molecule has 13 heteroatoms. The Labute approximate surface area is 306 Å². The van der Waals surface area contributed by atoms with Crippen LogP contribution in [0, 0.1) is 17.5 Å². The highest BCUT2D eigenvalue weighted by Crippen LogP contribution is 2.37. The Morgan fingerprint density at radius 1 is 0.868 bits per heavy atom. The SMILES string of the molecule is COc1ccc(OCCN(C(=O)C2=C(c3ccc(CCCOc4c(F)ccc(F)c4F)cc3)C[C@@H]3CN(C(=O)CCCC(=O)O)C[C@H]2N3)C2CC2)cc1. The third-order valence-electron chi connectivity index (χ3n) is 9.84. The number of hydrogen-bond donors (Lipinski definition) is 2. The Balaban J connectivity index is 1.19. The molecule has 10 nitrogen and oxygen atoms in total. The lowest BCUT2D eigenvalue weighted by Crippen LogP contribution is -2.62. The van der Waals surface area contributed by atoms with E-state index in [2.05, 4.69) is 5.32 Å². The lowest BCUT2D eigenvalue weighted by molar-refractivity contribution is -0.138. The van der Waals surface area contributed by atoms with Crippen LogP contribution in [0.1, 0.15) is 56.1 Å². The molecule has 2 fully saturated rings. The van der Waals surface area contributed by atoms with Crippen LogP contribution in [0.15, 0.2) is 66.2 Å². The van der Waals surface area contributed by atoms with Gasteiger partial charge in [-0.1, -0.05) is 24.3 Å². The number of benzene rings is 3. The second kappa shape index (κ2) is 17.2. The summed E-state index contributed by atoms with van der Waals surface area (Å²) in [6.45, 7) is 1.40. The highest BCUT2D eigenvalue weighted by Gasteiger charge is 2.43. The molecule has 1 saturated carbocycles. The Hall–Kier alpha value is -5.04. The number of aliphatic carboxylic acids is 1. The maximum absolute atomic E-state index is 14.6. The molecule has 0 radical (unpaired) electrons. The van der Waals surface area contributed by atoms with Gasteiger partial charge in [0.15, 0.2) is 17.4 Å². The number of halogens is 3. The smallest absolute Gasteiger partial charge is 0.303 e. The topological polar surface area (TPSA) is 118 Å². The number of hydrogen-bond acceptors (Lipinski definition) is 7. The van der Waals surface area contributed by atoms with E-state index < -0.39 is 35.2 Å². The molecule has 1 saturated heterocycles. The van der Waals surface area contributed by atoms with Gasteiger partial charge < -0.3 is 34.4 Å². The zero-order chi connectivity index (χ0) is 37.5. The molecule has 3 aromatic rings. The van der Waals surface area contributed by atoms with E-state index >= 15 is 0 Å².